The molecule has 0 saturated carbocycles. The fourth-order valence-electron chi connectivity index (χ4n) is 2.66. The van der Waals surface area contributed by atoms with Gasteiger partial charge in [-0.15, -0.1) is 0 Å². The van der Waals surface area contributed by atoms with E-state index in [1.54, 1.807) is 0 Å². The van der Waals surface area contributed by atoms with Gasteiger partial charge in [0.15, 0.2) is 0 Å². The van der Waals surface area contributed by atoms with E-state index < -0.39 is 0 Å². The van der Waals surface area contributed by atoms with E-state index in [0.29, 0.717) is 0 Å². The van der Waals surface area contributed by atoms with Gasteiger partial charge in [0.25, 0.3) is 0 Å². The van der Waals surface area contributed by atoms with Crippen LogP contribution in [0, 0.1) is 6.42 Å². The monoisotopic (exact) mass is 295 g/mol. The fourth-order valence-corrected chi connectivity index (χ4v) is 2.66. The van der Waals surface area contributed by atoms with E-state index in [1.165, 1.54) is 89.9 Å². The minimum atomic E-state index is 0.189. The van der Waals surface area contributed by atoms with E-state index in [2.05, 4.69) is 19.4 Å². The minimum absolute atomic E-state index is 0.189. The lowest BCUT2D eigenvalue weighted by Crippen LogP contribution is -1.84. The van der Waals surface area contributed by atoms with E-state index in [0.717, 1.165) is 6.42 Å². The van der Waals surface area contributed by atoms with Gasteiger partial charge in [-0.1, -0.05) is 103 Å². The first-order valence-corrected chi connectivity index (χ1v) is 9.49. The van der Waals surface area contributed by atoms with Crippen LogP contribution < -0.4 is 0 Å². The Kier molecular flexibility index (Phi) is 19.4. The third-order valence-corrected chi connectivity index (χ3v) is 4.06. The van der Waals surface area contributed by atoms with Crippen LogP contribution in [0.5, 0.6) is 0 Å². The third-order valence-electron chi connectivity index (χ3n) is 4.06. The Labute approximate surface area is 134 Å². The Morgan fingerprint density at radius 1 is 0.571 bits per heavy atom. The third kappa shape index (κ3) is 19.7. The Hall–Kier alpha value is -0.300. The summed E-state index contributed by atoms with van der Waals surface area (Å²) in [4.78, 5) is 0. The molecule has 0 saturated heterocycles. The molecule has 125 valence electrons. The Balaban J connectivity index is 2.95. The quantitative estimate of drug-likeness (QED) is 0.236. The lowest BCUT2D eigenvalue weighted by Gasteiger charge is -2.02. The molecule has 0 aliphatic heterocycles. The van der Waals surface area contributed by atoms with Crippen molar-refractivity contribution in [2.75, 3.05) is 6.61 Å². The lowest BCUT2D eigenvalue weighted by atomic mass is 10.0. The van der Waals surface area contributed by atoms with Gasteiger partial charge in [-0.05, 0) is 19.3 Å². The van der Waals surface area contributed by atoms with Crippen LogP contribution >= 0.6 is 0 Å². The molecule has 0 rings (SSSR count). The standard InChI is InChI=1S/C20H39O/c1-2-3-4-5-6-7-8-9-10-11-12-13-14-15-16-17-18-19-20-21/h10,18-19,21H,2-9,11-17,20H2,1H3. The van der Waals surface area contributed by atoms with Crippen molar-refractivity contribution >= 4 is 0 Å². The summed E-state index contributed by atoms with van der Waals surface area (Å²) in [5.41, 5.74) is 0. The molecule has 0 bridgehead atoms. The molecule has 0 spiro atoms. The average molecular weight is 296 g/mol. The zero-order valence-corrected chi connectivity index (χ0v) is 14.5. The van der Waals surface area contributed by atoms with Gasteiger partial charge in [-0.3, -0.25) is 0 Å². The minimum Gasteiger partial charge on any atom is -0.392 e. The molecule has 0 atom stereocenters. The molecular formula is C20H39O. The molecule has 0 unspecified atom stereocenters. The Morgan fingerprint density at radius 2 is 1.05 bits per heavy atom. The predicted molar refractivity (Wildman–Crippen MR) is 95.5 cm³/mol. The number of rotatable bonds is 17. The number of unbranched alkanes of at least 4 members (excludes halogenated alkanes) is 15. The van der Waals surface area contributed by atoms with E-state index in [9.17, 15) is 0 Å². The van der Waals surface area contributed by atoms with Crippen molar-refractivity contribution in [2.45, 2.75) is 103 Å². The highest BCUT2D eigenvalue weighted by molar-refractivity contribution is 4.80. The largest absolute Gasteiger partial charge is 0.392 e. The van der Waals surface area contributed by atoms with Gasteiger partial charge in [-0.2, -0.15) is 0 Å². The predicted octanol–water partition coefficient (Wildman–Crippen LogP) is 6.61. The summed E-state index contributed by atoms with van der Waals surface area (Å²) in [6, 6.07) is 0. The van der Waals surface area contributed by atoms with E-state index >= 15 is 0 Å². The number of aliphatic hydroxyl groups is 1. The second kappa shape index (κ2) is 19.7. The number of aliphatic hydroxyl groups excluding tert-OH is 1. The molecule has 0 aromatic heterocycles. The molecule has 1 nitrogen and oxygen atoms in total. The van der Waals surface area contributed by atoms with E-state index in [4.69, 9.17) is 5.11 Å². The summed E-state index contributed by atoms with van der Waals surface area (Å²) in [7, 11) is 0. The van der Waals surface area contributed by atoms with Crippen LogP contribution in [0.2, 0.25) is 0 Å². The second-order valence-electron chi connectivity index (χ2n) is 6.20. The molecule has 1 radical (unpaired) electrons. The van der Waals surface area contributed by atoms with Crippen LogP contribution in [0.25, 0.3) is 0 Å². The lowest BCUT2D eigenvalue weighted by molar-refractivity contribution is 0.342. The molecule has 0 heterocycles. The number of hydrogen-bond acceptors (Lipinski definition) is 1. The van der Waals surface area contributed by atoms with Gasteiger partial charge in [0.05, 0.1) is 6.61 Å². The summed E-state index contributed by atoms with van der Waals surface area (Å²) >= 11 is 0. The maximum Gasteiger partial charge on any atom is 0.0612 e. The zero-order valence-electron chi connectivity index (χ0n) is 14.5. The molecule has 0 aromatic carbocycles. The maximum absolute atomic E-state index is 8.60. The molecule has 1 heteroatoms. The molecule has 0 aromatic rings. The molecule has 0 fully saturated rings. The van der Waals surface area contributed by atoms with Crippen LogP contribution in [0.1, 0.15) is 103 Å². The van der Waals surface area contributed by atoms with Crippen LogP contribution in [0.15, 0.2) is 12.2 Å². The van der Waals surface area contributed by atoms with Crippen LogP contribution in [0.4, 0.5) is 0 Å². The van der Waals surface area contributed by atoms with E-state index in [-0.39, 0.29) is 6.61 Å². The van der Waals surface area contributed by atoms with Crippen molar-refractivity contribution in [3.8, 4) is 0 Å². The normalized spacial score (nSPS) is 11.5. The van der Waals surface area contributed by atoms with Crippen molar-refractivity contribution in [3.05, 3.63) is 18.6 Å². The highest BCUT2D eigenvalue weighted by Gasteiger charge is 1.94. The highest BCUT2D eigenvalue weighted by atomic mass is 16.2. The van der Waals surface area contributed by atoms with Crippen LogP contribution in [-0.4, -0.2) is 11.7 Å². The van der Waals surface area contributed by atoms with Gasteiger partial charge in [0.2, 0.25) is 0 Å². The van der Waals surface area contributed by atoms with Crippen LogP contribution in [-0.2, 0) is 0 Å². The summed E-state index contributed by atoms with van der Waals surface area (Å²) < 4.78 is 0. The van der Waals surface area contributed by atoms with Crippen molar-refractivity contribution in [2.24, 2.45) is 0 Å². The van der Waals surface area contributed by atoms with Crippen molar-refractivity contribution < 1.29 is 5.11 Å². The SMILES string of the molecule is CCCCCCCCC[CH]CCCCCCCC=CCO. The Morgan fingerprint density at radius 3 is 1.57 bits per heavy atom. The van der Waals surface area contributed by atoms with Gasteiger partial charge < -0.3 is 5.11 Å². The van der Waals surface area contributed by atoms with Gasteiger partial charge in [0, 0.05) is 0 Å². The average Bonchev–Trinajstić information content (AvgIpc) is 2.50. The summed E-state index contributed by atoms with van der Waals surface area (Å²) in [6.45, 7) is 2.47. The topological polar surface area (TPSA) is 20.2 Å². The fraction of sp³-hybridized carbons (Fsp3) is 0.850. The maximum atomic E-state index is 8.60. The second-order valence-corrected chi connectivity index (χ2v) is 6.20. The van der Waals surface area contributed by atoms with E-state index in [1.807, 2.05) is 6.08 Å². The first-order valence-electron chi connectivity index (χ1n) is 9.49. The number of hydrogen-bond donors (Lipinski definition) is 1. The molecular weight excluding hydrogens is 256 g/mol. The van der Waals surface area contributed by atoms with Gasteiger partial charge >= 0.3 is 0 Å². The van der Waals surface area contributed by atoms with Crippen molar-refractivity contribution in [1.82, 2.24) is 0 Å². The zero-order chi connectivity index (χ0) is 15.4. The van der Waals surface area contributed by atoms with Crippen LogP contribution in [0.3, 0.4) is 0 Å². The summed E-state index contributed by atoms with van der Waals surface area (Å²) in [5, 5.41) is 8.60. The first-order chi connectivity index (χ1) is 10.4. The summed E-state index contributed by atoms with van der Waals surface area (Å²) in [6.07, 6.45) is 26.9. The van der Waals surface area contributed by atoms with Gasteiger partial charge in [-0.25, -0.2) is 0 Å². The van der Waals surface area contributed by atoms with Crippen molar-refractivity contribution in [1.29, 1.82) is 0 Å². The highest BCUT2D eigenvalue weighted by Crippen LogP contribution is 2.13. The first kappa shape index (κ1) is 20.7. The number of allylic oxidation sites excluding steroid dienone is 1. The van der Waals surface area contributed by atoms with Gasteiger partial charge in [0.1, 0.15) is 0 Å². The molecule has 0 aliphatic rings. The Bertz CT molecular complexity index is 198. The molecule has 21 heavy (non-hydrogen) atoms. The molecule has 0 aliphatic carbocycles. The smallest absolute Gasteiger partial charge is 0.0612 e. The summed E-state index contributed by atoms with van der Waals surface area (Å²) in [5.74, 6) is 0. The molecule has 1 N–H and O–H groups in total. The van der Waals surface area contributed by atoms with Crippen molar-refractivity contribution in [3.63, 3.8) is 0 Å². The molecule has 0 amide bonds.